The highest BCUT2D eigenvalue weighted by Gasteiger charge is 2.60. The summed E-state index contributed by atoms with van der Waals surface area (Å²) in [6.45, 7) is 14.5. The van der Waals surface area contributed by atoms with Gasteiger partial charge in [-0.15, -0.1) is 0 Å². The van der Waals surface area contributed by atoms with Gasteiger partial charge in [-0.25, -0.2) is 14.8 Å². The molecule has 11 heteroatoms. The molecule has 240 valence electrons. The van der Waals surface area contributed by atoms with Crippen LogP contribution in [-0.2, 0) is 21.2 Å². The van der Waals surface area contributed by atoms with Crippen molar-refractivity contribution in [3.63, 3.8) is 0 Å². The van der Waals surface area contributed by atoms with Crippen molar-refractivity contribution in [2.24, 2.45) is 4.99 Å². The lowest BCUT2D eigenvalue weighted by molar-refractivity contribution is 0.0549. The Bertz CT molecular complexity index is 1500. The average molecular weight is 654 g/mol. The summed E-state index contributed by atoms with van der Waals surface area (Å²) < 4.78 is 5.46. The molecule has 2 atom stereocenters. The van der Waals surface area contributed by atoms with E-state index in [4.69, 9.17) is 48.0 Å². The third-order valence-corrected chi connectivity index (χ3v) is 9.46. The second-order valence-corrected chi connectivity index (χ2v) is 13.8. The lowest BCUT2D eigenvalue weighted by Gasteiger charge is -2.47. The van der Waals surface area contributed by atoms with Crippen molar-refractivity contribution in [2.75, 3.05) is 52.5 Å². The number of hydrogen-bond donors (Lipinski definition) is 1. The first kappa shape index (κ1) is 33.3. The molecular weight excluding hydrogens is 611 g/mol. The Morgan fingerprint density at radius 3 is 1.98 bits per heavy atom. The van der Waals surface area contributed by atoms with Crippen LogP contribution in [-0.4, -0.2) is 94.2 Å². The number of carbonyl (C=O) groups is 1. The first-order chi connectivity index (χ1) is 21.4. The van der Waals surface area contributed by atoms with Crippen LogP contribution in [0.1, 0.15) is 57.1 Å². The normalized spacial score (nSPS) is 22.5. The zero-order chi connectivity index (χ0) is 32.4. The number of halogens is 2. The van der Waals surface area contributed by atoms with Crippen LogP contribution in [0.5, 0.6) is 0 Å². The maximum Gasteiger partial charge on any atom is 0.326 e. The third kappa shape index (κ3) is 6.60. The Kier molecular flexibility index (Phi) is 9.87. The van der Waals surface area contributed by atoms with Crippen LogP contribution in [0.4, 0.5) is 4.79 Å². The van der Waals surface area contributed by atoms with Crippen molar-refractivity contribution in [3.05, 3.63) is 93.5 Å². The molecule has 2 aliphatic rings. The number of piperazine rings is 1. The van der Waals surface area contributed by atoms with Gasteiger partial charge in [0, 0.05) is 60.6 Å². The second-order valence-electron chi connectivity index (χ2n) is 12.9. The van der Waals surface area contributed by atoms with Gasteiger partial charge in [-0.3, -0.25) is 14.8 Å². The standard InChI is InChI=1S/C34H42Cl2N6O3/c1-32(2,3)30-37-22-24(23-38-30)29-39-33(4,25-6-10-27(35)11-7-25)34(5,26-8-12-28(36)13-9-26)42(29)31(44)41-16-14-40(15-17-41)18-20-45-21-19-43/h6-13,22-23,43H,14-21H2,1-5H3/t33-,34+/m0/s1. The Labute approximate surface area is 275 Å². The molecule has 1 fully saturated rings. The highest BCUT2D eigenvalue weighted by atomic mass is 35.5. The van der Waals surface area contributed by atoms with Gasteiger partial charge in [-0.1, -0.05) is 68.2 Å². The van der Waals surface area contributed by atoms with Crippen LogP contribution in [0, 0.1) is 0 Å². The van der Waals surface area contributed by atoms with Gasteiger partial charge in [-0.2, -0.15) is 0 Å². The minimum Gasteiger partial charge on any atom is -0.394 e. The summed E-state index contributed by atoms with van der Waals surface area (Å²) in [5.74, 6) is 1.22. The van der Waals surface area contributed by atoms with Gasteiger partial charge in [0.1, 0.15) is 22.7 Å². The lowest BCUT2D eigenvalue weighted by atomic mass is 9.71. The summed E-state index contributed by atoms with van der Waals surface area (Å²) in [5.41, 5.74) is 0.361. The van der Waals surface area contributed by atoms with Crippen molar-refractivity contribution in [1.29, 1.82) is 0 Å². The fourth-order valence-electron chi connectivity index (χ4n) is 6.08. The molecule has 0 bridgehead atoms. The van der Waals surface area contributed by atoms with Gasteiger partial charge in [0.05, 0.1) is 25.4 Å². The molecule has 1 N–H and O–H groups in total. The largest absolute Gasteiger partial charge is 0.394 e. The molecule has 0 saturated carbocycles. The van der Waals surface area contributed by atoms with Gasteiger partial charge >= 0.3 is 6.03 Å². The molecule has 0 unspecified atom stereocenters. The van der Waals surface area contributed by atoms with Gasteiger partial charge in [-0.05, 0) is 49.2 Å². The quantitative estimate of drug-likeness (QED) is 0.313. The van der Waals surface area contributed by atoms with Crippen LogP contribution in [0.15, 0.2) is 65.9 Å². The summed E-state index contributed by atoms with van der Waals surface area (Å²) in [4.78, 5) is 35.7. The fourth-order valence-corrected chi connectivity index (χ4v) is 6.33. The molecule has 1 saturated heterocycles. The van der Waals surface area contributed by atoms with Crippen molar-refractivity contribution in [2.45, 2.75) is 51.1 Å². The van der Waals surface area contributed by atoms with Crippen molar-refractivity contribution < 1.29 is 14.6 Å². The molecule has 2 aliphatic heterocycles. The maximum absolute atomic E-state index is 14.9. The number of aromatic nitrogens is 2. The average Bonchev–Trinajstić information content (AvgIpc) is 3.27. The summed E-state index contributed by atoms with van der Waals surface area (Å²) in [5, 5.41) is 10.2. The molecule has 0 spiro atoms. The molecule has 1 aromatic heterocycles. The molecular formula is C34H42Cl2N6O3. The number of rotatable bonds is 8. The number of carbonyl (C=O) groups excluding carboxylic acids is 1. The Hall–Kier alpha value is -3.08. The summed E-state index contributed by atoms with van der Waals surface area (Å²) in [6, 6.07) is 15.2. The molecule has 0 aliphatic carbocycles. The topological polar surface area (TPSA) is 94.4 Å². The number of urea groups is 1. The smallest absolute Gasteiger partial charge is 0.326 e. The highest BCUT2D eigenvalue weighted by molar-refractivity contribution is 6.30. The maximum atomic E-state index is 14.9. The zero-order valence-electron chi connectivity index (χ0n) is 26.6. The van der Waals surface area contributed by atoms with Crippen LogP contribution in [0.3, 0.4) is 0 Å². The minimum absolute atomic E-state index is 0.00724. The Morgan fingerprint density at radius 1 is 0.889 bits per heavy atom. The monoisotopic (exact) mass is 652 g/mol. The molecule has 45 heavy (non-hydrogen) atoms. The first-order valence-electron chi connectivity index (χ1n) is 15.3. The van der Waals surface area contributed by atoms with Crippen LogP contribution in [0.25, 0.3) is 0 Å². The minimum atomic E-state index is -0.962. The van der Waals surface area contributed by atoms with Crippen LogP contribution >= 0.6 is 23.2 Å². The predicted molar refractivity (Wildman–Crippen MR) is 178 cm³/mol. The number of nitrogens with zero attached hydrogens (tertiary/aromatic N) is 6. The summed E-state index contributed by atoms with van der Waals surface area (Å²) in [7, 11) is 0. The number of aliphatic hydroxyl groups excluding tert-OH is 1. The van der Waals surface area contributed by atoms with E-state index in [1.165, 1.54) is 0 Å². The number of aliphatic imine (C=N–C) groups is 1. The van der Waals surface area contributed by atoms with Crippen molar-refractivity contribution in [1.82, 2.24) is 24.7 Å². The van der Waals surface area contributed by atoms with E-state index in [9.17, 15) is 4.79 Å². The van der Waals surface area contributed by atoms with E-state index in [1.807, 2.05) is 58.3 Å². The molecule has 2 aromatic carbocycles. The molecule has 3 heterocycles. The Morgan fingerprint density at radius 2 is 1.44 bits per heavy atom. The molecule has 5 rings (SSSR count). The number of hydrogen-bond acceptors (Lipinski definition) is 7. The number of ether oxygens (including phenoxy) is 1. The predicted octanol–water partition coefficient (Wildman–Crippen LogP) is 5.72. The van der Waals surface area contributed by atoms with E-state index in [0.717, 1.165) is 17.7 Å². The third-order valence-electron chi connectivity index (χ3n) is 8.95. The van der Waals surface area contributed by atoms with E-state index in [-0.39, 0.29) is 18.1 Å². The van der Waals surface area contributed by atoms with Crippen LogP contribution in [0.2, 0.25) is 10.0 Å². The van der Waals surface area contributed by atoms with Gasteiger partial charge < -0.3 is 14.7 Å². The number of amides is 2. The highest BCUT2D eigenvalue weighted by Crippen LogP contribution is 2.53. The number of benzene rings is 2. The van der Waals surface area contributed by atoms with Crippen molar-refractivity contribution >= 4 is 35.1 Å². The van der Waals surface area contributed by atoms with Gasteiger partial charge in [0.2, 0.25) is 0 Å². The SMILES string of the molecule is CC(C)(C)c1ncc(C2=N[C@@](C)(c3ccc(Cl)cc3)[C@@](C)(c3ccc(Cl)cc3)N2C(=O)N2CCN(CCOCCO)CC2)cn1. The van der Waals surface area contributed by atoms with E-state index in [0.29, 0.717) is 66.7 Å². The molecule has 9 nitrogen and oxygen atoms in total. The Balaban J connectivity index is 1.59. The number of amidine groups is 1. The number of aliphatic hydroxyl groups is 1. The van der Waals surface area contributed by atoms with Gasteiger partial charge in [0.15, 0.2) is 0 Å². The van der Waals surface area contributed by atoms with E-state index in [2.05, 4.69) is 39.5 Å². The molecule has 2 amide bonds. The van der Waals surface area contributed by atoms with E-state index in [1.54, 1.807) is 12.4 Å². The van der Waals surface area contributed by atoms with E-state index >= 15 is 0 Å². The second kappa shape index (κ2) is 13.3. The lowest BCUT2D eigenvalue weighted by Crippen LogP contribution is -2.60. The first-order valence-corrected chi connectivity index (χ1v) is 16.1. The molecule has 0 radical (unpaired) electrons. The van der Waals surface area contributed by atoms with Gasteiger partial charge in [0.25, 0.3) is 0 Å². The fraction of sp³-hybridized carbons (Fsp3) is 0.471. The summed E-state index contributed by atoms with van der Waals surface area (Å²) in [6.07, 6.45) is 3.54. The van der Waals surface area contributed by atoms with E-state index < -0.39 is 11.1 Å². The molecule has 3 aromatic rings. The summed E-state index contributed by atoms with van der Waals surface area (Å²) >= 11 is 12.7. The van der Waals surface area contributed by atoms with Crippen LogP contribution < -0.4 is 0 Å². The zero-order valence-corrected chi connectivity index (χ0v) is 28.1. The van der Waals surface area contributed by atoms with Crippen molar-refractivity contribution in [3.8, 4) is 0 Å².